The van der Waals surface area contributed by atoms with Crippen LogP contribution in [0.5, 0.6) is 0 Å². The van der Waals surface area contributed by atoms with E-state index >= 15 is 0 Å². The van der Waals surface area contributed by atoms with Crippen LogP contribution in [0.4, 0.5) is 0 Å². The fraction of sp³-hybridized carbons (Fsp3) is 0.545. The Labute approximate surface area is 167 Å². The van der Waals surface area contributed by atoms with Gasteiger partial charge in [-0.2, -0.15) is 0 Å². The quantitative estimate of drug-likeness (QED) is 0.716. The number of carbonyl (C=O) groups is 1. The lowest BCUT2D eigenvalue weighted by Gasteiger charge is -2.40. The lowest BCUT2D eigenvalue weighted by Crippen LogP contribution is -2.55. The summed E-state index contributed by atoms with van der Waals surface area (Å²) in [6, 6.07) is 10.7. The number of hydrogen-bond donors (Lipinski definition) is 1. The van der Waals surface area contributed by atoms with Gasteiger partial charge in [-0.25, -0.2) is 0 Å². The lowest BCUT2D eigenvalue weighted by molar-refractivity contribution is -0.123. The molecule has 1 aliphatic rings. The standard InChI is InChI=1S/C22H32N4O2/c1-3-20-16-25(12-13-26(20)14-15-28-2)17-21(27)23-11-9-19-7-4-6-18-8-5-10-24-22(18)19/h4-8,10,20H,3,9,11-17H2,1-2H3,(H,23,27). The minimum absolute atomic E-state index is 0.105. The first kappa shape index (κ1) is 20.7. The number of para-hydroxylation sites is 1. The van der Waals surface area contributed by atoms with E-state index in [0.29, 0.717) is 19.1 Å². The molecule has 1 fully saturated rings. The van der Waals surface area contributed by atoms with Crippen molar-refractivity contribution in [3.05, 3.63) is 42.1 Å². The van der Waals surface area contributed by atoms with Crippen molar-refractivity contribution >= 4 is 16.8 Å². The number of nitrogens with one attached hydrogen (secondary N) is 1. The summed E-state index contributed by atoms with van der Waals surface area (Å²) in [5, 5.41) is 4.22. The Hall–Kier alpha value is -2.02. The molecule has 0 aliphatic carbocycles. The second-order valence-electron chi connectivity index (χ2n) is 7.42. The summed E-state index contributed by atoms with van der Waals surface area (Å²) in [5.74, 6) is 0.105. The highest BCUT2D eigenvalue weighted by atomic mass is 16.5. The number of pyridine rings is 1. The maximum Gasteiger partial charge on any atom is 0.234 e. The Morgan fingerprint density at radius 1 is 1.29 bits per heavy atom. The molecule has 3 rings (SSSR count). The minimum Gasteiger partial charge on any atom is -0.383 e. The second kappa shape index (κ2) is 10.5. The number of carbonyl (C=O) groups excluding carboxylic acids is 1. The summed E-state index contributed by atoms with van der Waals surface area (Å²) in [6.45, 7) is 7.93. The molecule has 1 aromatic carbocycles. The van der Waals surface area contributed by atoms with E-state index in [0.717, 1.165) is 56.5 Å². The van der Waals surface area contributed by atoms with E-state index in [9.17, 15) is 4.79 Å². The van der Waals surface area contributed by atoms with Gasteiger partial charge < -0.3 is 10.1 Å². The Kier molecular flexibility index (Phi) is 7.77. The summed E-state index contributed by atoms with van der Waals surface area (Å²) < 4.78 is 5.21. The maximum absolute atomic E-state index is 12.4. The number of nitrogens with zero attached hydrogens (tertiary/aromatic N) is 3. The fourth-order valence-electron chi connectivity index (χ4n) is 3.96. The van der Waals surface area contributed by atoms with Gasteiger partial charge in [-0.05, 0) is 24.5 Å². The van der Waals surface area contributed by atoms with Crippen LogP contribution in [0.2, 0.25) is 0 Å². The van der Waals surface area contributed by atoms with Gasteiger partial charge in [0.25, 0.3) is 0 Å². The molecule has 152 valence electrons. The molecule has 2 aromatic rings. The van der Waals surface area contributed by atoms with E-state index in [1.54, 1.807) is 7.11 Å². The average molecular weight is 385 g/mol. The van der Waals surface area contributed by atoms with Gasteiger partial charge in [-0.1, -0.05) is 31.2 Å². The van der Waals surface area contributed by atoms with Gasteiger partial charge in [-0.3, -0.25) is 19.6 Å². The van der Waals surface area contributed by atoms with Gasteiger partial charge in [0.15, 0.2) is 0 Å². The third-order valence-corrected chi connectivity index (χ3v) is 5.54. The zero-order valence-electron chi connectivity index (χ0n) is 17.1. The predicted octanol–water partition coefficient (Wildman–Crippen LogP) is 1.94. The first-order valence-electron chi connectivity index (χ1n) is 10.3. The Morgan fingerprint density at radius 3 is 2.96 bits per heavy atom. The van der Waals surface area contributed by atoms with E-state index in [1.165, 1.54) is 5.56 Å². The highest BCUT2D eigenvalue weighted by Crippen LogP contribution is 2.16. The van der Waals surface area contributed by atoms with Crippen LogP contribution in [-0.4, -0.2) is 79.7 Å². The molecule has 28 heavy (non-hydrogen) atoms. The number of fused-ring (bicyclic) bond motifs is 1. The molecular formula is C22H32N4O2. The Bertz CT molecular complexity index is 762. The molecule has 1 atom stereocenters. The summed E-state index contributed by atoms with van der Waals surface area (Å²) in [5.41, 5.74) is 2.20. The summed E-state index contributed by atoms with van der Waals surface area (Å²) in [4.78, 5) is 21.6. The molecule has 1 N–H and O–H groups in total. The topological polar surface area (TPSA) is 57.7 Å². The molecule has 0 spiro atoms. The zero-order chi connectivity index (χ0) is 19.8. The molecule has 0 bridgehead atoms. The largest absolute Gasteiger partial charge is 0.383 e. The summed E-state index contributed by atoms with van der Waals surface area (Å²) in [7, 11) is 1.75. The zero-order valence-corrected chi connectivity index (χ0v) is 17.1. The third kappa shape index (κ3) is 5.50. The van der Waals surface area contributed by atoms with Crippen LogP contribution in [-0.2, 0) is 16.0 Å². The number of amides is 1. The lowest BCUT2D eigenvalue weighted by atomic mass is 10.1. The number of methoxy groups -OCH3 is 1. The molecule has 6 nitrogen and oxygen atoms in total. The Balaban J connectivity index is 1.44. The summed E-state index contributed by atoms with van der Waals surface area (Å²) >= 11 is 0. The van der Waals surface area contributed by atoms with Crippen molar-refractivity contribution in [2.45, 2.75) is 25.8 Å². The normalized spacial score (nSPS) is 18.4. The monoisotopic (exact) mass is 384 g/mol. The van der Waals surface area contributed by atoms with Crippen molar-refractivity contribution < 1.29 is 9.53 Å². The van der Waals surface area contributed by atoms with Gasteiger partial charge in [0.1, 0.15) is 0 Å². The number of benzene rings is 1. The third-order valence-electron chi connectivity index (χ3n) is 5.54. The van der Waals surface area contributed by atoms with Crippen LogP contribution >= 0.6 is 0 Å². The van der Waals surface area contributed by atoms with Crippen LogP contribution in [0.25, 0.3) is 10.9 Å². The van der Waals surface area contributed by atoms with Gasteiger partial charge in [0.2, 0.25) is 5.91 Å². The average Bonchev–Trinajstić information content (AvgIpc) is 2.73. The smallest absolute Gasteiger partial charge is 0.234 e. The molecule has 2 heterocycles. The van der Waals surface area contributed by atoms with E-state index in [4.69, 9.17) is 4.74 Å². The van der Waals surface area contributed by atoms with Gasteiger partial charge in [0.05, 0.1) is 18.7 Å². The SMILES string of the molecule is CCC1CN(CC(=O)NCCc2cccc3cccnc23)CCN1CCOC. The van der Waals surface area contributed by atoms with Gasteiger partial charge in [-0.15, -0.1) is 0 Å². The molecule has 0 radical (unpaired) electrons. The van der Waals surface area contributed by atoms with Gasteiger partial charge in [0, 0.05) is 57.5 Å². The summed E-state index contributed by atoms with van der Waals surface area (Å²) in [6.07, 6.45) is 3.71. The molecule has 1 aromatic heterocycles. The van der Waals surface area contributed by atoms with Crippen molar-refractivity contribution in [1.82, 2.24) is 20.1 Å². The van der Waals surface area contributed by atoms with E-state index in [-0.39, 0.29) is 5.91 Å². The highest BCUT2D eigenvalue weighted by Gasteiger charge is 2.26. The van der Waals surface area contributed by atoms with Crippen LogP contribution in [0.3, 0.4) is 0 Å². The molecule has 1 amide bonds. The fourth-order valence-corrected chi connectivity index (χ4v) is 3.96. The van der Waals surface area contributed by atoms with E-state index in [2.05, 4.69) is 51.3 Å². The molecule has 6 heteroatoms. The number of rotatable bonds is 9. The van der Waals surface area contributed by atoms with Crippen LogP contribution in [0.1, 0.15) is 18.9 Å². The van der Waals surface area contributed by atoms with Gasteiger partial charge >= 0.3 is 0 Å². The molecule has 1 unspecified atom stereocenters. The van der Waals surface area contributed by atoms with E-state index < -0.39 is 0 Å². The van der Waals surface area contributed by atoms with Crippen LogP contribution < -0.4 is 5.32 Å². The first-order valence-corrected chi connectivity index (χ1v) is 10.3. The number of aromatic nitrogens is 1. The molecule has 0 saturated carbocycles. The second-order valence-corrected chi connectivity index (χ2v) is 7.42. The van der Waals surface area contributed by atoms with Crippen molar-refractivity contribution in [1.29, 1.82) is 0 Å². The van der Waals surface area contributed by atoms with Crippen molar-refractivity contribution in [3.63, 3.8) is 0 Å². The molecule has 1 saturated heterocycles. The van der Waals surface area contributed by atoms with Crippen LogP contribution in [0.15, 0.2) is 36.5 Å². The minimum atomic E-state index is 0.105. The van der Waals surface area contributed by atoms with Crippen molar-refractivity contribution in [2.24, 2.45) is 0 Å². The number of hydrogen-bond acceptors (Lipinski definition) is 5. The number of ether oxygens (including phenoxy) is 1. The first-order chi connectivity index (χ1) is 13.7. The number of piperazine rings is 1. The maximum atomic E-state index is 12.4. The van der Waals surface area contributed by atoms with E-state index in [1.807, 2.05) is 12.3 Å². The molecule has 1 aliphatic heterocycles. The predicted molar refractivity (Wildman–Crippen MR) is 112 cm³/mol. The van der Waals surface area contributed by atoms with Crippen molar-refractivity contribution in [3.8, 4) is 0 Å². The Morgan fingerprint density at radius 2 is 2.14 bits per heavy atom. The highest BCUT2D eigenvalue weighted by molar-refractivity contribution is 5.81. The molecular weight excluding hydrogens is 352 g/mol. The van der Waals surface area contributed by atoms with Crippen molar-refractivity contribution in [2.75, 3.05) is 53.0 Å². The van der Waals surface area contributed by atoms with Crippen LogP contribution in [0, 0.1) is 0 Å².